The van der Waals surface area contributed by atoms with E-state index in [1.807, 2.05) is 0 Å². The molecule has 0 spiro atoms. The topological polar surface area (TPSA) is 49.8 Å². The van der Waals surface area contributed by atoms with Gasteiger partial charge in [-0.15, -0.1) is 0 Å². The molecule has 0 aromatic rings. The molecule has 2 aliphatic heterocycles. The van der Waals surface area contributed by atoms with Crippen molar-refractivity contribution in [2.24, 2.45) is 5.92 Å². The number of carboxylic acid groups (broad SMARTS) is 1. The summed E-state index contributed by atoms with van der Waals surface area (Å²) in [5.74, 6) is -0.270. The Morgan fingerprint density at radius 1 is 1.33 bits per heavy atom. The van der Waals surface area contributed by atoms with E-state index in [0.29, 0.717) is 18.4 Å². The quantitative estimate of drug-likeness (QED) is 0.758. The molecule has 0 bridgehead atoms. The Morgan fingerprint density at radius 3 is 2.73 bits per heavy atom. The van der Waals surface area contributed by atoms with Gasteiger partial charge in [-0.2, -0.15) is 0 Å². The Bertz CT molecular complexity index is 228. The van der Waals surface area contributed by atoms with Crippen molar-refractivity contribution in [2.75, 3.05) is 26.3 Å². The molecule has 2 fully saturated rings. The van der Waals surface area contributed by atoms with Crippen molar-refractivity contribution in [2.45, 2.75) is 31.7 Å². The molecule has 1 N–H and O–H groups in total. The molecule has 86 valence electrons. The summed E-state index contributed by atoms with van der Waals surface area (Å²) < 4.78 is 5.18. The van der Waals surface area contributed by atoms with Crippen LogP contribution in [0.2, 0.25) is 0 Å². The lowest BCUT2D eigenvalue weighted by atomic mass is 9.97. The molecule has 2 rings (SSSR count). The third-order valence-electron chi connectivity index (χ3n) is 3.48. The van der Waals surface area contributed by atoms with Crippen molar-refractivity contribution in [3.63, 3.8) is 0 Å². The first kappa shape index (κ1) is 10.9. The predicted octanol–water partition coefficient (Wildman–Crippen LogP) is 0.962. The van der Waals surface area contributed by atoms with Crippen molar-refractivity contribution < 1.29 is 14.6 Å². The normalized spacial score (nSPS) is 29.5. The molecule has 0 saturated carbocycles. The fraction of sp³-hybridized carbons (Fsp3) is 0.909. The Labute approximate surface area is 90.2 Å². The van der Waals surface area contributed by atoms with Gasteiger partial charge in [-0.1, -0.05) is 0 Å². The number of rotatable bonds is 3. The number of ether oxygens (including phenoxy) is 1. The highest BCUT2D eigenvalue weighted by atomic mass is 16.5. The summed E-state index contributed by atoms with van der Waals surface area (Å²) in [6.07, 6.45) is 3.57. The molecule has 0 amide bonds. The van der Waals surface area contributed by atoms with E-state index in [9.17, 15) is 4.79 Å². The standard InChI is InChI=1S/C11H19NO3/c13-11(14)6-9-2-1-4-12(5-3-9)10-7-15-8-10/h9-10H,1-8H2,(H,13,14). The smallest absolute Gasteiger partial charge is 0.303 e. The molecule has 1 atom stereocenters. The number of likely N-dealkylation sites (tertiary alicyclic amines) is 1. The van der Waals surface area contributed by atoms with E-state index in [4.69, 9.17) is 9.84 Å². The maximum Gasteiger partial charge on any atom is 0.303 e. The Morgan fingerprint density at radius 2 is 2.13 bits per heavy atom. The van der Waals surface area contributed by atoms with Crippen LogP contribution in [0.3, 0.4) is 0 Å². The van der Waals surface area contributed by atoms with Crippen LogP contribution in [0.25, 0.3) is 0 Å². The summed E-state index contributed by atoms with van der Waals surface area (Å²) >= 11 is 0. The zero-order valence-electron chi connectivity index (χ0n) is 9.02. The van der Waals surface area contributed by atoms with Gasteiger partial charge in [0.1, 0.15) is 0 Å². The second-order valence-electron chi connectivity index (χ2n) is 4.62. The highest BCUT2D eigenvalue weighted by molar-refractivity contribution is 5.67. The minimum absolute atomic E-state index is 0.342. The Kier molecular flexibility index (Phi) is 3.59. The van der Waals surface area contributed by atoms with Gasteiger partial charge in [0.15, 0.2) is 0 Å². The molecular formula is C11H19NO3. The first-order valence-electron chi connectivity index (χ1n) is 5.79. The van der Waals surface area contributed by atoms with Crippen LogP contribution in [0.1, 0.15) is 25.7 Å². The van der Waals surface area contributed by atoms with Crippen molar-refractivity contribution in [1.29, 1.82) is 0 Å². The highest BCUT2D eigenvalue weighted by Gasteiger charge is 2.28. The molecule has 0 aromatic carbocycles. The number of hydrogen-bond acceptors (Lipinski definition) is 3. The molecule has 2 aliphatic rings. The molecular weight excluding hydrogens is 194 g/mol. The first-order chi connectivity index (χ1) is 7.25. The second kappa shape index (κ2) is 4.94. The van der Waals surface area contributed by atoms with Crippen molar-refractivity contribution >= 4 is 5.97 Å². The highest BCUT2D eigenvalue weighted by Crippen LogP contribution is 2.23. The third-order valence-corrected chi connectivity index (χ3v) is 3.48. The van der Waals surface area contributed by atoms with Crippen LogP contribution < -0.4 is 0 Å². The summed E-state index contributed by atoms with van der Waals surface area (Å²) in [7, 11) is 0. The minimum Gasteiger partial charge on any atom is -0.481 e. The largest absolute Gasteiger partial charge is 0.481 e. The van der Waals surface area contributed by atoms with Gasteiger partial charge in [0.05, 0.1) is 19.3 Å². The lowest BCUT2D eigenvalue weighted by Crippen LogP contribution is -2.49. The van der Waals surface area contributed by atoms with Crippen molar-refractivity contribution in [3.05, 3.63) is 0 Å². The predicted molar refractivity (Wildman–Crippen MR) is 55.8 cm³/mol. The number of aliphatic carboxylic acids is 1. The average molecular weight is 213 g/mol. The van der Waals surface area contributed by atoms with Crippen LogP contribution in [0.4, 0.5) is 0 Å². The number of nitrogens with zero attached hydrogens (tertiary/aromatic N) is 1. The van der Waals surface area contributed by atoms with Gasteiger partial charge >= 0.3 is 5.97 Å². The van der Waals surface area contributed by atoms with Gasteiger partial charge < -0.3 is 9.84 Å². The lowest BCUT2D eigenvalue weighted by Gasteiger charge is -2.36. The SMILES string of the molecule is O=C(O)CC1CCCN(C2COC2)CC1. The van der Waals surface area contributed by atoms with E-state index in [0.717, 1.165) is 45.6 Å². The van der Waals surface area contributed by atoms with E-state index in [1.54, 1.807) is 0 Å². The number of carbonyl (C=O) groups is 1. The maximum absolute atomic E-state index is 10.6. The average Bonchev–Trinajstić information content (AvgIpc) is 2.27. The summed E-state index contributed by atoms with van der Waals surface area (Å²) in [5.41, 5.74) is 0. The van der Waals surface area contributed by atoms with Gasteiger partial charge in [-0.05, 0) is 38.3 Å². The van der Waals surface area contributed by atoms with Crippen LogP contribution in [0.5, 0.6) is 0 Å². The Hall–Kier alpha value is -0.610. The van der Waals surface area contributed by atoms with Crippen LogP contribution in [-0.2, 0) is 9.53 Å². The van der Waals surface area contributed by atoms with Gasteiger partial charge in [-0.25, -0.2) is 0 Å². The third kappa shape index (κ3) is 2.92. The molecule has 1 unspecified atom stereocenters. The molecule has 0 aromatic heterocycles. The van der Waals surface area contributed by atoms with Gasteiger partial charge in [0, 0.05) is 6.42 Å². The molecule has 0 radical (unpaired) electrons. The zero-order valence-corrected chi connectivity index (χ0v) is 9.02. The van der Waals surface area contributed by atoms with E-state index in [1.165, 1.54) is 0 Å². The molecule has 0 aliphatic carbocycles. The first-order valence-corrected chi connectivity index (χ1v) is 5.79. The summed E-state index contributed by atoms with van der Waals surface area (Å²) in [4.78, 5) is 13.1. The monoisotopic (exact) mass is 213 g/mol. The maximum atomic E-state index is 10.6. The fourth-order valence-electron chi connectivity index (χ4n) is 2.44. The lowest BCUT2D eigenvalue weighted by molar-refractivity contribution is -0.138. The molecule has 4 nitrogen and oxygen atoms in total. The van der Waals surface area contributed by atoms with E-state index >= 15 is 0 Å². The van der Waals surface area contributed by atoms with Gasteiger partial charge in [-0.3, -0.25) is 9.69 Å². The summed E-state index contributed by atoms with van der Waals surface area (Å²) in [6.45, 7) is 3.89. The van der Waals surface area contributed by atoms with Gasteiger partial charge in [0.2, 0.25) is 0 Å². The van der Waals surface area contributed by atoms with Crippen LogP contribution in [0.15, 0.2) is 0 Å². The van der Waals surface area contributed by atoms with Crippen LogP contribution in [0, 0.1) is 5.92 Å². The molecule has 15 heavy (non-hydrogen) atoms. The Balaban J connectivity index is 1.78. The summed E-state index contributed by atoms with van der Waals surface area (Å²) in [6, 6.07) is 0.605. The molecule has 2 heterocycles. The van der Waals surface area contributed by atoms with Gasteiger partial charge in [0.25, 0.3) is 0 Å². The summed E-state index contributed by atoms with van der Waals surface area (Å²) in [5, 5.41) is 8.76. The minimum atomic E-state index is -0.652. The molecule has 2 saturated heterocycles. The van der Waals surface area contributed by atoms with E-state index in [2.05, 4.69) is 4.90 Å². The van der Waals surface area contributed by atoms with Crippen molar-refractivity contribution in [3.8, 4) is 0 Å². The van der Waals surface area contributed by atoms with E-state index in [-0.39, 0.29) is 0 Å². The van der Waals surface area contributed by atoms with Crippen LogP contribution in [-0.4, -0.2) is 48.3 Å². The number of hydrogen-bond donors (Lipinski definition) is 1. The zero-order chi connectivity index (χ0) is 10.7. The van der Waals surface area contributed by atoms with E-state index < -0.39 is 5.97 Å². The van der Waals surface area contributed by atoms with Crippen LogP contribution >= 0.6 is 0 Å². The van der Waals surface area contributed by atoms with Crippen molar-refractivity contribution in [1.82, 2.24) is 4.90 Å². The number of carboxylic acids is 1. The fourth-order valence-corrected chi connectivity index (χ4v) is 2.44. The molecule has 4 heteroatoms. The second-order valence-corrected chi connectivity index (χ2v) is 4.62.